The van der Waals surface area contributed by atoms with E-state index in [1.54, 1.807) is 0 Å². The molecule has 0 bridgehead atoms. The Morgan fingerprint density at radius 2 is 0.824 bits per heavy atom. The molecule has 0 aromatic carbocycles. The maximum atomic E-state index is 12.8. The second-order valence-corrected chi connectivity index (χ2v) is 26.5. The Morgan fingerprint density at radius 1 is 0.429 bits per heavy atom. The minimum absolute atomic E-state index is 0.679. The molecule has 11 unspecified atom stereocenters. The van der Waals surface area contributed by atoms with Gasteiger partial charge in [-0.25, -0.2) is 82.2 Å². The van der Waals surface area contributed by atoms with Crippen LogP contribution < -0.4 is 24.4 Å². The number of aliphatic hydroxyl groups excluding tert-OH is 6. The monoisotopic (exact) mass is 1500 g/mol. The van der Waals surface area contributed by atoms with Gasteiger partial charge in [0.1, 0.15) is 134 Å². The first kappa shape index (κ1) is 79.1. The number of ether oxygens (including phenoxy) is 10. The van der Waals surface area contributed by atoms with Crippen molar-refractivity contribution in [1.29, 1.82) is 0 Å². The number of hydrogen-bond donors (Lipinski definition) is 9. The summed E-state index contributed by atoms with van der Waals surface area (Å²) in [6.07, 6.45) is -65.6. The van der Waals surface area contributed by atoms with Crippen LogP contribution in [-0.2, 0) is 167 Å². The van der Waals surface area contributed by atoms with E-state index in [2.05, 4.69) is 26.0 Å². The molecule has 0 aliphatic carbocycles. The van der Waals surface area contributed by atoms with Crippen LogP contribution in [0.4, 0.5) is 0 Å². The number of aliphatic hydroxyl groups is 6. The van der Waals surface area contributed by atoms with E-state index in [4.69, 9.17) is 47.4 Å². The number of nitrogens with one attached hydrogen (secondary N) is 3. The molecule has 0 radical (unpaired) electrons. The summed E-state index contributed by atoms with van der Waals surface area (Å²) in [5.74, 6) is -5.50. The Bertz CT molecular complexity index is 3360. The number of rotatable bonds is 31. The second-order valence-electron chi connectivity index (χ2n) is 18.4. The SMILES string of the molecule is CO[C@H]1O[C@H](COS(=O)(=O)[O-])[C@@H](O[C@@H]2OC(C(=O)[O-])[C@H](O[C@@H]3OC(COS(=O)(=O)[O-])[C@H](O[C@H]4O[C@H](C(=O)[O-])[C@@H](O[C@H]5O[C@H](COOS(=O)[O-])[C@@H](O)C(O)C5NS(=O)(=O)[O-])C(O)C4O)C(OS(=O)(=O)[O-])[C@H]3NS(=O)(=O)[O-])[C@@H](O)C2OS(=O)(=O)[O-])C(O)C1NS(=O)(=O)[O-]. The molecule has 5 saturated heterocycles. The summed E-state index contributed by atoms with van der Waals surface area (Å²) in [4.78, 5) is 29.7. The van der Waals surface area contributed by atoms with Crippen LogP contribution in [0.15, 0.2) is 0 Å². The Labute approximate surface area is 511 Å². The van der Waals surface area contributed by atoms with E-state index in [0.29, 0.717) is 7.11 Å². The van der Waals surface area contributed by atoms with Gasteiger partial charge in [0.05, 0.1) is 25.2 Å². The standard InChI is InChI=1S/C31H53N3O49S8/c1-68-27-9(33-86(50,51)52)13(37)17(6(73-27)3-70-88(56,57)58)75-31-22(82-91(65,66)67)16(40)21(24(80-31)26(43)44)78-29-10(34-87(53,54)55)19(81-90(62,63)64)18(7(74-29)4-71-89(59,60)61)76-30-15(39)14(38)20(23(79-30)25(41)42)77-28-8(32-85(47,48)49)12(36)11(35)5(72-28)2-69-83-84(45)46/h5-24,27-40H,2-4H2,1H3,(H,41,42)(H,43,44)(H,45,46)(H,47,48,49)(H,50,51,52)(H,53,54,55)(H,56,57,58)(H,59,60,61)(H,62,63,64)(H,65,66,67)/p-10/t5-,6-,7?,8?,9?,10-,11-,12?,13?,14?,15?,16-,17-,18+,19?,20+,21-,22?,23+,24?,27+,28-,29+,30+,31-/m1/s1. The first-order valence-electron chi connectivity index (χ1n) is 23.4. The van der Waals surface area contributed by atoms with Crippen molar-refractivity contribution in [3.05, 3.63) is 0 Å². The molecule has 0 spiro atoms. The van der Waals surface area contributed by atoms with Crippen LogP contribution >= 0.6 is 0 Å². The lowest BCUT2D eigenvalue weighted by Crippen LogP contribution is -2.72. The number of carboxylic acid groups (broad SMARTS) is 2. The molecule has 5 aliphatic heterocycles. The molecule has 5 heterocycles. The first-order valence-corrected chi connectivity index (χ1v) is 33.9. The maximum absolute atomic E-state index is 12.8. The normalized spacial score (nSPS) is 38.8. The van der Waals surface area contributed by atoms with Crippen molar-refractivity contribution in [2.24, 2.45) is 0 Å². The predicted octanol–water partition coefficient (Wildman–Crippen LogP) is -18.9. The molecular formula is C31H43N3O49S8-10. The smallest absolute Gasteiger partial charge is 0.218 e. The van der Waals surface area contributed by atoms with Crippen molar-refractivity contribution in [2.75, 3.05) is 26.9 Å². The summed E-state index contributed by atoms with van der Waals surface area (Å²) in [6, 6.07) is -8.50. The van der Waals surface area contributed by atoms with Crippen LogP contribution in [-0.4, -0.2) is 322 Å². The number of carbonyl (C=O) groups is 2. The van der Waals surface area contributed by atoms with E-state index in [0.717, 1.165) is 9.44 Å². The lowest BCUT2D eigenvalue weighted by Gasteiger charge is -2.52. The van der Waals surface area contributed by atoms with Gasteiger partial charge in [0.25, 0.3) is 0 Å². The minimum atomic E-state index is -6.67. The molecule has 60 heteroatoms. The summed E-state index contributed by atoms with van der Waals surface area (Å²) in [5, 5.41) is 92.3. The van der Waals surface area contributed by atoms with E-state index >= 15 is 0 Å². The molecule has 52 nitrogen and oxygen atoms in total. The zero-order valence-electron chi connectivity index (χ0n) is 43.6. The third kappa shape index (κ3) is 23.0. The molecule has 0 saturated carbocycles. The van der Waals surface area contributed by atoms with Gasteiger partial charge < -0.3 is 134 Å². The Morgan fingerprint density at radius 3 is 1.27 bits per heavy atom. The fraction of sp³-hybridized carbons (Fsp3) is 0.935. The molecule has 0 amide bonds. The van der Waals surface area contributed by atoms with Gasteiger partial charge >= 0.3 is 0 Å². The van der Waals surface area contributed by atoms with Gasteiger partial charge in [-0.1, -0.05) is 0 Å². The molecule has 0 aromatic rings. The minimum Gasteiger partial charge on any atom is -0.748 e. The van der Waals surface area contributed by atoms with Crippen molar-refractivity contribution in [1.82, 2.24) is 14.2 Å². The average molecular weight is 1500 g/mol. The highest BCUT2D eigenvalue weighted by Gasteiger charge is 2.59. The van der Waals surface area contributed by atoms with Crippen LogP contribution in [0.3, 0.4) is 0 Å². The van der Waals surface area contributed by atoms with Crippen molar-refractivity contribution in [3.63, 3.8) is 0 Å². The average Bonchev–Trinajstić information content (AvgIpc) is 0.768. The summed E-state index contributed by atoms with van der Waals surface area (Å²) in [5.41, 5.74) is 0. The molecule has 9 N–H and O–H groups in total. The van der Waals surface area contributed by atoms with Crippen LogP contribution in [0.25, 0.3) is 0 Å². The second kappa shape index (κ2) is 30.9. The Balaban J connectivity index is 1.59. The molecule has 534 valence electrons. The van der Waals surface area contributed by atoms with Gasteiger partial charge in [0, 0.05) is 7.11 Å². The molecule has 5 fully saturated rings. The number of hydrogen-bond acceptors (Lipinski definition) is 49. The quantitative estimate of drug-likeness (QED) is 0.0102. The third-order valence-electron chi connectivity index (χ3n) is 12.3. The van der Waals surface area contributed by atoms with Gasteiger partial charge in [0.2, 0.25) is 41.6 Å². The van der Waals surface area contributed by atoms with E-state index in [9.17, 15) is 150 Å². The topological polar surface area (TPSA) is 826 Å². The van der Waals surface area contributed by atoms with Crippen molar-refractivity contribution in [2.45, 2.75) is 153 Å². The lowest BCUT2D eigenvalue weighted by atomic mass is 9.94. The number of carboxylic acids is 2. The molecule has 26 atom stereocenters. The highest BCUT2D eigenvalue weighted by molar-refractivity contribution is 7.84. The Hall–Kier alpha value is -2.58. The number of methoxy groups -OCH3 is 1. The van der Waals surface area contributed by atoms with E-state index in [1.165, 1.54) is 4.72 Å². The Kier molecular flexibility index (Phi) is 26.8. The fourth-order valence-electron chi connectivity index (χ4n) is 8.92. The molecular weight excluding hydrogens is 1450 g/mol. The summed E-state index contributed by atoms with van der Waals surface area (Å²) in [6.45, 7) is -5.10. The van der Waals surface area contributed by atoms with Gasteiger partial charge in [0.15, 0.2) is 68.5 Å². The zero-order chi connectivity index (χ0) is 69.2. The fourth-order valence-corrected chi connectivity index (χ4v) is 12.4. The van der Waals surface area contributed by atoms with Crippen molar-refractivity contribution < 1.29 is 223 Å². The van der Waals surface area contributed by atoms with Crippen LogP contribution in [0.5, 0.6) is 0 Å². The first-order chi connectivity index (χ1) is 41.4. The molecule has 0 aromatic heterocycles. The molecule has 91 heavy (non-hydrogen) atoms. The van der Waals surface area contributed by atoms with E-state index in [1.807, 2.05) is 0 Å². The van der Waals surface area contributed by atoms with Crippen molar-refractivity contribution in [3.8, 4) is 0 Å². The van der Waals surface area contributed by atoms with E-state index < -0.39 is 269 Å². The van der Waals surface area contributed by atoms with Gasteiger partial charge in [-0.15, -0.1) is 4.33 Å². The van der Waals surface area contributed by atoms with Crippen molar-refractivity contribution >= 4 is 95.8 Å². The number of carbonyl (C=O) groups excluding carboxylic acids is 2. The van der Waals surface area contributed by atoms with Gasteiger partial charge in [-0.3, -0.25) is 16.7 Å². The lowest BCUT2D eigenvalue weighted by molar-refractivity contribution is -0.390. The summed E-state index contributed by atoms with van der Waals surface area (Å²) >= 11 is -3.47. The van der Waals surface area contributed by atoms with Crippen LogP contribution in [0.2, 0.25) is 0 Å². The third-order valence-corrected chi connectivity index (χ3v) is 16.0. The van der Waals surface area contributed by atoms with E-state index in [-0.39, 0.29) is 0 Å². The maximum Gasteiger partial charge on any atom is 0.218 e. The molecule has 5 aliphatic rings. The number of aliphatic carboxylic acids is 2. The highest BCUT2D eigenvalue weighted by atomic mass is 32.3. The predicted molar refractivity (Wildman–Crippen MR) is 242 cm³/mol. The van der Waals surface area contributed by atoms with Gasteiger partial charge in [-0.2, -0.15) is 0 Å². The zero-order valence-corrected chi connectivity index (χ0v) is 50.1. The largest absolute Gasteiger partial charge is 0.748 e. The highest BCUT2D eigenvalue weighted by Crippen LogP contribution is 2.38. The summed E-state index contributed by atoms with van der Waals surface area (Å²) < 4.78 is 348. The molecule has 5 rings (SSSR count). The summed E-state index contributed by atoms with van der Waals surface area (Å²) in [7, 11) is -42.5. The van der Waals surface area contributed by atoms with Crippen LogP contribution in [0, 0.1) is 0 Å². The van der Waals surface area contributed by atoms with Crippen LogP contribution in [0.1, 0.15) is 0 Å². The van der Waals surface area contributed by atoms with Gasteiger partial charge in [-0.05, 0) is 0 Å².